The van der Waals surface area contributed by atoms with Gasteiger partial charge in [0, 0.05) is 22.3 Å². The molecule has 2 aromatic rings. The Hall–Kier alpha value is -2.24. The maximum atomic E-state index is 12.0. The summed E-state index contributed by atoms with van der Waals surface area (Å²) in [5.74, 6) is -0.353. The minimum absolute atomic E-state index is 0.0668. The molecule has 2 aromatic carbocycles. The summed E-state index contributed by atoms with van der Waals surface area (Å²) in [6.45, 7) is 4.04. The van der Waals surface area contributed by atoms with E-state index in [1.54, 1.807) is 42.5 Å². The average Bonchev–Trinajstić information content (AvgIpc) is 2.62. The van der Waals surface area contributed by atoms with Gasteiger partial charge in [-0.3, -0.25) is 9.59 Å². The third-order valence-electron chi connectivity index (χ3n) is 3.80. The van der Waals surface area contributed by atoms with Crippen LogP contribution in [0.5, 0.6) is 0 Å². The standard InChI is InChI=1S/C19H21Cl2N3O2/c1-3-12(2)23-19(26)13-4-7-15(8-5-13)22-11-18(25)24-17-9-6-14(20)10-16(17)21/h4-10,12,22H,3,11H2,1-2H3,(H,23,26)(H,24,25). The number of hydrogen-bond donors (Lipinski definition) is 3. The molecule has 0 heterocycles. The number of benzene rings is 2. The number of halogens is 2. The van der Waals surface area contributed by atoms with Crippen molar-refractivity contribution >= 4 is 46.4 Å². The van der Waals surface area contributed by atoms with Gasteiger partial charge < -0.3 is 16.0 Å². The highest BCUT2D eigenvalue weighted by Gasteiger charge is 2.09. The van der Waals surface area contributed by atoms with E-state index in [9.17, 15) is 9.59 Å². The van der Waals surface area contributed by atoms with Crippen molar-refractivity contribution in [2.24, 2.45) is 0 Å². The molecule has 0 saturated heterocycles. The summed E-state index contributed by atoms with van der Waals surface area (Å²) in [5.41, 5.74) is 1.82. The van der Waals surface area contributed by atoms with Crippen LogP contribution in [-0.4, -0.2) is 24.4 Å². The first-order valence-electron chi connectivity index (χ1n) is 8.28. The van der Waals surface area contributed by atoms with Crippen molar-refractivity contribution in [3.8, 4) is 0 Å². The van der Waals surface area contributed by atoms with Gasteiger partial charge in [-0.05, 0) is 55.8 Å². The largest absolute Gasteiger partial charge is 0.376 e. The number of nitrogens with one attached hydrogen (secondary N) is 3. The van der Waals surface area contributed by atoms with E-state index in [1.165, 1.54) is 0 Å². The number of anilines is 2. The Morgan fingerprint density at radius 2 is 1.77 bits per heavy atom. The zero-order valence-electron chi connectivity index (χ0n) is 14.6. The van der Waals surface area contributed by atoms with Gasteiger partial charge in [-0.1, -0.05) is 30.1 Å². The molecule has 138 valence electrons. The van der Waals surface area contributed by atoms with Gasteiger partial charge in [0.2, 0.25) is 5.91 Å². The lowest BCUT2D eigenvalue weighted by atomic mass is 10.1. The van der Waals surface area contributed by atoms with Gasteiger partial charge in [-0.2, -0.15) is 0 Å². The molecule has 2 rings (SSSR count). The molecule has 0 aliphatic rings. The molecule has 1 atom stereocenters. The highest BCUT2D eigenvalue weighted by Crippen LogP contribution is 2.25. The summed E-state index contributed by atoms with van der Waals surface area (Å²) in [6.07, 6.45) is 0.873. The molecule has 0 spiro atoms. The highest BCUT2D eigenvalue weighted by molar-refractivity contribution is 6.36. The van der Waals surface area contributed by atoms with E-state index < -0.39 is 0 Å². The second-order valence-electron chi connectivity index (χ2n) is 5.89. The van der Waals surface area contributed by atoms with E-state index in [0.29, 0.717) is 21.3 Å². The second-order valence-corrected chi connectivity index (χ2v) is 6.73. The zero-order valence-corrected chi connectivity index (χ0v) is 16.1. The minimum atomic E-state index is -0.243. The molecule has 0 aliphatic heterocycles. The Kier molecular flexibility index (Phi) is 7.30. The zero-order chi connectivity index (χ0) is 19.1. The van der Waals surface area contributed by atoms with Crippen molar-refractivity contribution in [1.29, 1.82) is 0 Å². The number of carbonyl (C=O) groups is 2. The van der Waals surface area contributed by atoms with Gasteiger partial charge in [0.05, 0.1) is 17.3 Å². The summed E-state index contributed by atoms with van der Waals surface area (Å²) >= 11 is 11.9. The smallest absolute Gasteiger partial charge is 0.251 e. The molecule has 0 aliphatic carbocycles. The van der Waals surface area contributed by atoms with Crippen LogP contribution >= 0.6 is 23.2 Å². The summed E-state index contributed by atoms with van der Waals surface area (Å²) in [5, 5.41) is 9.50. The van der Waals surface area contributed by atoms with Crippen molar-refractivity contribution in [3.05, 3.63) is 58.1 Å². The molecule has 0 fully saturated rings. The van der Waals surface area contributed by atoms with Gasteiger partial charge in [-0.25, -0.2) is 0 Å². The molecule has 5 nitrogen and oxygen atoms in total. The lowest BCUT2D eigenvalue weighted by molar-refractivity contribution is -0.114. The molecule has 26 heavy (non-hydrogen) atoms. The molecule has 0 bridgehead atoms. The third kappa shape index (κ3) is 5.93. The van der Waals surface area contributed by atoms with Crippen LogP contribution in [0.3, 0.4) is 0 Å². The number of rotatable bonds is 7. The average molecular weight is 394 g/mol. The fourth-order valence-electron chi connectivity index (χ4n) is 2.12. The van der Waals surface area contributed by atoms with Crippen molar-refractivity contribution in [3.63, 3.8) is 0 Å². The first kappa shape index (κ1) is 20.1. The van der Waals surface area contributed by atoms with Crippen LogP contribution in [0.2, 0.25) is 10.0 Å². The fourth-order valence-corrected chi connectivity index (χ4v) is 2.57. The molecule has 2 amide bonds. The highest BCUT2D eigenvalue weighted by atomic mass is 35.5. The topological polar surface area (TPSA) is 70.2 Å². The van der Waals surface area contributed by atoms with Crippen LogP contribution in [0.15, 0.2) is 42.5 Å². The summed E-state index contributed by atoms with van der Waals surface area (Å²) < 4.78 is 0. The number of carbonyl (C=O) groups excluding carboxylic acids is 2. The van der Waals surface area contributed by atoms with E-state index in [4.69, 9.17) is 23.2 Å². The third-order valence-corrected chi connectivity index (χ3v) is 4.34. The van der Waals surface area contributed by atoms with Gasteiger partial charge in [0.1, 0.15) is 0 Å². The summed E-state index contributed by atoms with van der Waals surface area (Å²) in [6, 6.07) is 11.9. The monoisotopic (exact) mass is 393 g/mol. The molecular formula is C19H21Cl2N3O2. The van der Waals surface area contributed by atoms with Crippen LogP contribution in [0, 0.1) is 0 Å². The number of amides is 2. The first-order chi connectivity index (χ1) is 12.4. The molecular weight excluding hydrogens is 373 g/mol. The second kappa shape index (κ2) is 9.46. The minimum Gasteiger partial charge on any atom is -0.376 e. The van der Waals surface area contributed by atoms with E-state index in [1.807, 2.05) is 13.8 Å². The number of hydrogen-bond acceptors (Lipinski definition) is 3. The van der Waals surface area contributed by atoms with Crippen molar-refractivity contribution in [2.45, 2.75) is 26.3 Å². The Bertz CT molecular complexity index is 779. The van der Waals surface area contributed by atoms with Crippen LogP contribution in [-0.2, 0) is 4.79 Å². The van der Waals surface area contributed by atoms with E-state index in [0.717, 1.165) is 12.1 Å². The molecule has 0 aromatic heterocycles. The molecule has 0 radical (unpaired) electrons. The SMILES string of the molecule is CCC(C)NC(=O)c1ccc(NCC(=O)Nc2ccc(Cl)cc2Cl)cc1. The van der Waals surface area contributed by atoms with Gasteiger partial charge in [-0.15, -0.1) is 0 Å². The predicted octanol–water partition coefficient (Wildman–Crippen LogP) is 4.57. The van der Waals surface area contributed by atoms with E-state index >= 15 is 0 Å². The van der Waals surface area contributed by atoms with Crippen LogP contribution < -0.4 is 16.0 Å². The summed E-state index contributed by atoms with van der Waals surface area (Å²) in [7, 11) is 0. The van der Waals surface area contributed by atoms with Crippen molar-refractivity contribution < 1.29 is 9.59 Å². The Morgan fingerprint density at radius 1 is 1.08 bits per heavy atom. The van der Waals surface area contributed by atoms with Crippen molar-refractivity contribution in [1.82, 2.24) is 5.32 Å². The summed E-state index contributed by atoms with van der Waals surface area (Å²) in [4.78, 5) is 24.1. The molecule has 3 N–H and O–H groups in total. The first-order valence-corrected chi connectivity index (χ1v) is 9.04. The van der Waals surface area contributed by atoms with Crippen LogP contribution in [0.25, 0.3) is 0 Å². The quantitative estimate of drug-likeness (QED) is 0.644. The maximum absolute atomic E-state index is 12.0. The molecule has 7 heteroatoms. The van der Waals surface area contributed by atoms with Crippen molar-refractivity contribution in [2.75, 3.05) is 17.2 Å². The molecule has 0 saturated carbocycles. The predicted molar refractivity (Wildman–Crippen MR) is 107 cm³/mol. The lowest BCUT2D eigenvalue weighted by Crippen LogP contribution is -2.31. The van der Waals surface area contributed by atoms with E-state index in [2.05, 4.69) is 16.0 Å². The van der Waals surface area contributed by atoms with E-state index in [-0.39, 0.29) is 24.4 Å². The van der Waals surface area contributed by atoms with Gasteiger partial charge in [0.25, 0.3) is 5.91 Å². The fraction of sp³-hybridized carbons (Fsp3) is 0.263. The normalized spacial score (nSPS) is 11.5. The molecule has 1 unspecified atom stereocenters. The van der Waals surface area contributed by atoms with Gasteiger partial charge >= 0.3 is 0 Å². The Morgan fingerprint density at radius 3 is 2.38 bits per heavy atom. The Labute approximate surface area is 163 Å². The van der Waals surface area contributed by atoms with Gasteiger partial charge in [0.15, 0.2) is 0 Å². The maximum Gasteiger partial charge on any atom is 0.251 e. The Balaban J connectivity index is 1.87. The van der Waals surface area contributed by atoms with Crippen LogP contribution in [0.1, 0.15) is 30.6 Å². The van der Waals surface area contributed by atoms with Crippen LogP contribution in [0.4, 0.5) is 11.4 Å². The lowest BCUT2D eigenvalue weighted by Gasteiger charge is -2.12.